The van der Waals surface area contributed by atoms with Gasteiger partial charge in [0.2, 0.25) is 0 Å². The number of amides is 1. The Bertz CT molecular complexity index is 867. The molecule has 2 aromatic rings. The first-order chi connectivity index (χ1) is 13.2. The van der Waals surface area contributed by atoms with Crippen LogP contribution in [0.1, 0.15) is 31.9 Å². The van der Waals surface area contributed by atoms with E-state index in [0.717, 1.165) is 36.2 Å². The fourth-order valence-corrected chi connectivity index (χ4v) is 4.29. The first-order valence-electron chi connectivity index (χ1n) is 9.44. The van der Waals surface area contributed by atoms with Crippen LogP contribution in [0.5, 0.6) is 0 Å². The molecule has 2 aliphatic rings. The van der Waals surface area contributed by atoms with Crippen molar-refractivity contribution in [3.8, 4) is 0 Å². The zero-order valence-corrected chi connectivity index (χ0v) is 16.2. The summed E-state index contributed by atoms with van der Waals surface area (Å²) in [4.78, 5) is 22.2. The summed E-state index contributed by atoms with van der Waals surface area (Å²) in [5.41, 5.74) is 0.851. The molecule has 0 aliphatic carbocycles. The Balaban J connectivity index is 1.58. The molecular formula is C21H23N3O2S. The molecule has 140 valence electrons. The van der Waals surface area contributed by atoms with E-state index >= 15 is 0 Å². The molecule has 2 fully saturated rings. The van der Waals surface area contributed by atoms with Gasteiger partial charge in [-0.3, -0.25) is 9.69 Å². The lowest BCUT2D eigenvalue weighted by molar-refractivity contribution is -0.122. The Labute approximate surface area is 163 Å². The molecule has 1 amide bonds. The fraction of sp³-hybridized carbons (Fsp3) is 0.333. The molecule has 5 nitrogen and oxygen atoms in total. The third kappa shape index (κ3) is 3.95. The van der Waals surface area contributed by atoms with Crippen molar-refractivity contribution in [2.45, 2.75) is 26.2 Å². The summed E-state index contributed by atoms with van der Waals surface area (Å²) in [6.07, 6.45) is 5.13. The average Bonchev–Trinajstić information content (AvgIpc) is 3.41. The Morgan fingerprint density at radius 2 is 1.93 bits per heavy atom. The van der Waals surface area contributed by atoms with Crippen molar-refractivity contribution >= 4 is 40.5 Å². The van der Waals surface area contributed by atoms with Gasteiger partial charge in [0.1, 0.15) is 5.76 Å². The van der Waals surface area contributed by atoms with E-state index in [9.17, 15) is 4.79 Å². The van der Waals surface area contributed by atoms with Crippen LogP contribution in [-0.2, 0) is 4.79 Å². The van der Waals surface area contributed by atoms with Gasteiger partial charge in [0, 0.05) is 31.8 Å². The number of aliphatic imine (C=N–C) groups is 1. The average molecular weight is 382 g/mol. The molecule has 3 heterocycles. The van der Waals surface area contributed by atoms with Gasteiger partial charge in [-0.1, -0.05) is 25.1 Å². The lowest BCUT2D eigenvalue weighted by Crippen LogP contribution is -2.29. The van der Waals surface area contributed by atoms with Gasteiger partial charge in [-0.25, -0.2) is 4.99 Å². The maximum absolute atomic E-state index is 12.9. The van der Waals surface area contributed by atoms with Gasteiger partial charge in [-0.05, 0) is 49.2 Å². The third-order valence-electron chi connectivity index (χ3n) is 4.62. The summed E-state index contributed by atoms with van der Waals surface area (Å²) in [5, 5.41) is 0.727. The minimum absolute atomic E-state index is 0.00402. The van der Waals surface area contributed by atoms with Gasteiger partial charge in [-0.15, -0.1) is 0 Å². The number of carbonyl (C=O) groups excluding carboxylic acids is 1. The molecule has 1 aromatic carbocycles. The largest absolute Gasteiger partial charge is 0.441 e. The quantitative estimate of drug-likeness (QED) is 0.692. The Hall–Kier alpha value is -2.47. The number of hydrogen-bond acceptors (Lipinski definition) is 5. The second-order valence-corrected chi connectivity index (χ2v) is 7.68. The van der Waals surface area contributed by atoms with Crippen LogP contribution in [0.3, 0.4) is 0 Å². The van der Waals surface area contributed by atoms with E-state index in [2.05, 4.69) is 16.8 Å². The minimum atomic E-state index is -0.00402. The number of para-hydroxylation sites is 1. The number of rotatable bonds is 5. The van der Waals surface area contributed by atoms with Crippen molar-refractivity contribution in [2.24, 2.45) is 4.99 Å². The molecule has 2 saturated heterocycles. The molecule has 0 unspecified atom stereocenters. The summed E-state index contributed by atoms with van der Waals surface area (Å²) in [7, 11) is 0. The van der Waals surface area contributed by atoms with Gasteiger partial charge >= 0.3 is 0 Å². The van der Waals surface area contributed by atoms with Crippen LogP contribution >= 0.6 is 11.8 Å². The van der Waals surface area contributed by atoms with Crippen LogP contribution < -0.4 is 4.90 Å². The lowest BCUT2D eigenvalue weighted by Gasteiger charge is -2.13. The molecule has 4 rings (SSSR count). The van der Waals surface area contributed by atoms with Gasteiger partial charge in [0.15, 0.2) is 11.1 Å². The molecule has 27 heavy (non-hydrogen) atoms. The topological polar surface area (TPSA) is 49.1 Å². The molecule has 2 aliphatic heterocycles. The van der Waals surface area contributed by atoms with Gasteiger partial charge < -0.3 is 9.32 Å². The van der Waals surface area contributed by atoms with E-state index in [0.29, 0.717) is 17.2 Å². The summed E-state index contributed by atoms with van der Waals surface area (Å²) in [6.45, 7) is 4.80. The predicted octanol–water partition coefficient (Wildman–Crippen LogP) is 4.89. The van der Waals surface area contributed by atoms with E-state index in [-0.39, 0.29) is 5.91 Å². The maximum Gasteiger partial charge on any atom is 0.266 e. The van der Waals surface area contributed by atoms with Crippen molar-refractivity contribution in [1.29, 1.82) is 0 Å². The Morgan fingerprint density at radius 3 is 2.67 bits per heavy atom. The predicted molar refractivity (Wildman–Crippen MR) is 111 cm³/mol. The highest BCUT2D eigenvalue weighted by molar-refractivity contribution is 8.18. The third-order valence-corrected chi connectivity index (χ3v) is 5.63. The van der Waals surface area contributed by atoms with Crippen LogP contribution in [0, 0.1) is 0 Å². The first kappa shape index (κ1) is 17.9. The molecule has 0 bridgehead atoms. The SMILES string of the molecule is CCCN1C(=O)/C(=C\c2ccc(N3CCCC3)o2)SC1=Nc1ccccc1. The Morgan fingerprint density at radius 1 is 1.15 bits per heavy atom. The standard InChI is InChI=1S/C21H23N3O2S/c1-2-12-24-20(25)18(27-21(24)22-16-8-4-3-5-9-16)15-17-10-11-19(26-17)23-13-6-7-14-23/h3-5,8-11,15H,2,6-7,12-14H2,1H3/b18-15+,22-21?. The number of hydrogen-bond donors (Lipinski definition) is 0. The minimum Gasteiger partial charge on any atom is -0.441 e. The summed E-state index contributed by atoms with van der Waals surface area (Å²) < 4.78 is 5.95. The maximum atomic E-state index is 12.9. The number of amidine groups is 1. The van der Waals surface area contributed by atoms with Crippen molar-refractivity contribution in [3.63, 3.8) is 0 Å². The lowest BCUT2D eigenvalue weighted by atomic mass is 10.3. The van der Waals surface area contributed by atoms with Gasteiger partial charge in [-0.2, -0.15) is 0 Å². The van der Waals surface area contributed by atoms with Crippen molar-refractivity contribution in [2.75, 3.05) is 24.5 Å². The molecular weight excluding hydrogens is 358 g/mol. The second kappa shape index (κ2) is 8.05. The number of benzene rings is 1. The summed E-state index contributed by atoms with van der Waals surface area (Å²) in [6, 6.07) is 13.7. The van der Waals surface area contributed by atoms with E-state index in [1.807, 2.05) is 48.5 Å². The molecule has 0 atom stereocenters. The normalized spacial score (nSPS) is 20.4. The highest BCUT2D eigenvalue weighted by Crippen LogP contribution is 2.35. The van der Waals surface area contributed by atoms with E-state index < -0.39 is 0 Å². The molecule has 6 heteroatoms. The number of thioether (sulfide) groups is 1. The van der Waals surface area contributed by atoms with Crippen LogP contribution in [0.4, 0.5) is 11.6 Å². The van der Waals surface area contributed by atoms with Gasteiger partial charge in [0.25, 0.3) is 5.91 Å². The number of anilines is 1. The number of nitrogens with zero attached hydrogens (tertiary/aromatic N) is 3. The highest BCUT2D eigenvalue weighted by Gasteiger charge is 2.33. The smallest absolute Gasteiger partial charge is 0.266 e. The second-order valence-electron chi connectivity index (χ2n) is 6.67. The van der Waals surface area contributed by atoms with Crippen molar-refractivity contribution < 1.29 is 9.21 Å². The summed E-state index contributed by atoms with van der Waals surface area (Å²) >= 11 is 1.41. The van der Waals surface area contributed by atoms with Crippen molar-refractivity contribution in [3.05, 3.63) is 53.1 Å². The van der Waals surface area contributed by atoms with E-state index in [1.54, 1.807) is 4.90 Å². The molecule has 0 spiro atoms. The molecule has 0 radical (unpaired) electrons. The monoisotopic (exact) mass is 381 g/mol. The summed E-state index contributed by atoms with van der Waals surface area (Å²) in [5.74, 6) is 1.60. The van der Waals surface area contributed by atoms with Crippen LogP contribution in [0.2, 0.25) is 0 Å². The zero-order valence-electron chi connectivity index (χ0n) is 15.4. The highest BCUT2D eigenvalue weighted by atomic mass is 32.2. The fourth-order valence-electron chi connectivity index (χ4n) is 3.28. The molecule has 0 saturated carbocycles. The van der Waals surface area contributed by atoms with Crippen LogP contribution in [0.25, 0.3) is 6.08 Å². The zero-order chi connectivity index (χ0) is 18.6. The molecule has 0 N–H and O–H groups in total. The van der Waals surface area contributed by atoms with Gasteiger partial charge in [0.05, 0.1) is 10.6 Å². The first-order valence-corrected chi connectivity index (χ1v) is 10.3. The van der Waals surface area contributed by atoms with Crippen molar-refractivity contribution in [1.82, 2.24) is 4.90 Å². The van der Waals surface area contributed by atoms with Crippen LogP contribution in [-0.4, -0.2) is 35.6 Å². The Kier molecular flexibility index (Phi) is 5.34. The number of carbonyl (C=O) groups is 1. The van der Waals surface area contributed by atoms with E-state index in [4.69, 9.17) is 4.42 Å². The molecule has 1 aromatic heterocycles. The number of furan rings is 1. The van der Waals surface area contributed by atoms with E-state index in [1.165, 1.54) is 24.6 Å². The van der Waals surface area contributed by atoms with Crippen LogP contribution in [0.15, 0.2) is 56.8 Å².